The van der Waals surface area contributed by atoms with Crippen LogP contribution in [0.5, 0.6) is 5.75 Å². The normalized spacial score (nSPS) is 16.1. The predicted molar refractivity (Wildman–Crippen MR) is 192 cm³/mol. The van der Waals surface area contributed by atoms with E-state index in [1.807, 2.05) is 20.8 Å². The third kappa shape index (κ3) is 9.41. The molecule has 0 radical (unpaired) electrons. The molecule has 3 amide bonds. The Kier molecular flexibility index (Phi) is 11.9. The maximum atomic E-state index is 13.8. The number of benzene rings is 3. The highest BCUT2D eigenvalue weighted by Crippen LogP contribution is 2.32. The summed E-state index contributed by atoms with van der Waals surface area (Å²) in [5, 5.41) is 3.58. The van der Waals surface area contributed by atoms with Gasteiger partial charge >= 0.3 is 6.09 Å². The second kappa shape index (κ2) is 15.9. The number of halogens is 2. The first-order chi connectivity index (χ1) is 23.7. The number of para-hydroxylation sites is 1. The van der Waals surface area contributed by atoms with Crippen molar-refractivity contribution in [3.8, 4) is 5.75 Å². The van der Waals surface area contributed by atoms with Gasteiger partial charge in [0.15, 0.2) is 5.75 Å². The highest BCUT2D eigenvalue weighted by atomic mass is 35.5. The lowest BCUT2D eigenvalue weighted by Gasteiger charge is -2.34. The Hall–Kier alpha value is -4.00. The van der Waals surface area contributed by atoms with E-state index in [0.717, 1.165) is 17.3 Å². The van der Waals surface area contributed by atoms with Crippen LogP contribution in [0, 0.1) is 11.8 Å². The molecule has 50 heavy (non-hydrogen) atoms. The molecule has 11 nitrogen and oxygen atoms in total. The van der Waals surface area contributed by atoms with Crippen molar-refractivity contribution in [2.75, 3.05) is 37.2 Å². The van der Waals surface area contributed by atoms with Gasteiger partial charge in [-0.15, -0.1) is 0 Å². The van der Waals surface area contributed by atoms with E-state index in [9.17, 15) is 22.8 Å². The minimum atomic E-state index is -4.26. The molecule has 0 unspecified atom stereocenters. The van der Waals surface area contributed by atoms with Gasteiger partial charge in [0.25, 0.3) is 15.9 Å². The maximum absolute atomic E-state index is 13.8. The van der Waals surface area contributed by atoms with Crippen LogP contribution in [-0.2, 0) is 19.6 Å². The SMILES string of the molecule is CC(C)(C)OC(=O)N1CCC(CNC(=O)C2CCN(C(=O)c3ccc(S(=O)(=O)N(Oc4ccc(Cl)cc4Cl)c4ccccc4)cc3)CC2)CC1. The van der Waals surface area contributed by atoms with Crippen molar-refractivity contribution in [1.82, 2.24) is 15.1 Å². The minimum Gasteiger partial charge on any atom is -0.444 e. The summed E-state index contributed by atoms with van der Waals surface area (Å²) in [5.41, 5.74) is 0.0402. The molecule has 3 aromatic carbocycles. The number of rotatable bonds is 9. The Bertz CT molecular complexity index is 1770. The molecule has 2 aliphatic rings. The van der Waals surface area contributed by atoms with Crippen LogP contribution in [-0.4, -0.2) is 74.5 Å². The summed E-state index contributed by atoms with van der Waals surface area (Å²) in [6, 6.07) is 18.4. The summed E-state index contributed by atoms with van der Waals surface area (Å²) >= 11 is 12.3. The van der Waals surface area contributed by atoms with E-state index in [4.69, 9.17) is 32.8 Å². The van der Waals surface area contributed by atoms with Gasteiger partial charge in [0, 0.05) is 49.2 Å². The summed E-state index contributed by atoms with van der Waals surface area (Å²) in [6.45, 7) is 8.10. The van der Waals surface area contributed by atoms with Gasteiger partial charge in [-0.25, -0.2) is 4.79 Å². The van der Waals surface area contributed by atoms with Gasteiger partial charge in [-0.3, -0.25) is 9.59 Å². The number of carbonyl (C=O) groups excluding carboxylic acids is 3. The number of nitrogens with zero attached hydrogens (tertiary/aromatic N) is 3. The van der Waals surface area contributed by atoms with Crippen molar-refractivity contribution < 1.29 is 32.4 Å². The molecule has 2 fully saturated rings. The van der Waals surface area contributed by atoms with Gasteiger partial charge in [0.1, 0.15) is 5.60 Å². The molecular weight excluding hydrogens is 703 g/mol. The van der Waals surface area contributed by atoms with Crippen LogP contribution in [0.3, 0.4) is 0 Å². The predicted octanol–water partition coefficient (Wildman–Crippen LogP) is 6.80. The fraction of sp³-hybridized carbons (Fsp3) is 0.417. The number of hydrogen-bond acceptors (Lipinski definition) is 7. The van der Waals surface area contributed by atoms with Gasteiger partial charge in [0.2, 0.25) is 5.91 Å². The molecule has 0 atom stereocenters. The monoisotopic (exact) mass is 744 g/mol. The number of ether oxygens (including phenoxy) is 1. The number of nitrogens with one attached hydrogen (secondary N) is 1. The quantitative estimate of drug-likeness (QED) is 0.239. The zero-order valence-corrected chi connectivity index (χ0v) is 30.6. The van der Waals surface area contributed by atoms with Crippen LogP contribution < -0.4 is 14.6 Å². The third-order valence-electron chi connectivity index (χ3n) is 8.64. The van der Waals surface area contributed by atoms with Crippen molar-refractivity contribution in [1.29, 1.82) is 0 Å². The molecule has 268 valence electrons. The molecule has 0 aliphatic carbocycles. The van der Waals surface area contributed by atoms with E-state index in [2.05, 4.69) is 5.32 Å². The molecular formula is C36H42Cl2N4O7S. The molecule has 14 heteroatoms. The lowest BCUT2D eigenvalue weighted by atomic mass is 9.94. The Morgan fingerprint density at radius 3 is 2.08 bits per heavy atom. The number of anilines is 1. The number of sulfonamides is 1. The Labute approximate surface area is 303 Å². The average Bonchev–Trinajstić information content (AvgIpc) is 3.10. The molecule has 2 aliphatic heterocycles. The molecule has 2 saturated heterocycles. The van der Waals surface area contributed by atoms with Crippen LogP contribution in [0.1, 0.15) is 56.8 Å². The van der Waals surface area contributed by atoms with E-state index < -0.39 is 15.6 Å². The second-order valence-electron chi connectivity index (χ2n) is 13.5. The highest BCUT2D eigenvalue weighted by Gasteiger charge is 2.32. The summed E-state index contributed by atoms with van der Waals surface area (Å²) < 4.78 is 33.9. The van der Waals surface area contributed by atoms with Crippen LogP contribution in [0.15, 0.2) is 77.7 Å². The largest absolute Gasteiger partial charge is 0.444 e. The molecule has 0 saturated carbocycles. The van der Waals surface area contributed by atoms with E-state index >= 15 is 0 Å². The van der Waals surface area contributed by atoms with Crippen molar-refractivity contribution in [3.63, 3.8) is 0 Å². The van der Waals surface area contributed by atoms with Crippen molar-refractivity contribution >= 4 is 56.8 Å². The summed E-state index contributed by atoms with van der Waals surface area (Å²) in [6.07, 6.45) is 2.33. The molecule has 1 N–H and O–H groups in total. The number of likely N-dealkylation sites (tertiary alicyclic amines) is 2. The van der Waals surface area contributed by atoms with E-state index in [1.54, 1.807) is 40.1 Å². The van der Waals surface area contributed by atoms with Gasteiger partial charge < -0.3 is 24.7 Å². The summed E-state index contributed by atoms with van der Waals surface area (Å²) in [5.74, 6) is -0.0906. The van der Waals surface area contributed by atoms with Crippen LogP contribution in [0.25, 0.3) is 0 Å². The first-order valence-electron chi connectivity index (χ1n) is 16.6. The summed E-state index contributed by atoms with van der Waals surface area (Å²) in [4.78, 5) is 47.8. The van der Waals surface area contributed by atoms with E-state index in [0.29, 0.717) is 56.2 Å². The third-order valence-corrected chi connectivity index (χ3v) is 10.8. The zero-order valence-electron chi connectivity index (χ0n) is 28.3. The molecule has 0 spiro atoms. The lowest BCUT2D eigenvalue weighted by Crippen LogP contribution is -2.46. The van der Waals surface area contributed by atoms with Crippen LogP contribution >= 0.6 is 23.2 Å². The van der Waals surface area contributed by atoms with Crippen LogP contribution in [0.4, 0.5) is 10.5 Å². The number of hydrogen-bond donors (Lipinski definition) is 1. The van der Waals surface area contributed by atoms with Crippen molar-refractivity contribution in [2.24, 2.45) is 11.8 Å². The van der Waals surface area contributed by atoms with Gasteiger partial charge in [-0.1, -0.05) is 45.9 Å². The summed E-state index contributed by atoms with van der Waals surface area (Å²) in [7, 11) is -4.26. The van der Waals surface area contributed by atoms with E-state index in [-0.39, 0.29) is 51.1 Å². The Balaban J connectivity index is 1.14. The smallest absolute Gasteiger partial charge is 0.410 e. The van der Waals surface area contributed by atoms with Gasteiger partial charge in [-0.05, 0) is 107 Å². The minimum absolute atomic E-state index is 0.0219. The fourth-order valence-corrected chi connectivity index (χ4v) is 7.55. The molecule has 0 aromatic heterocycles. The average molecular weight is 746 g/mol. The van der Waals surface area contributed by atoms with Crippen molar-refractivity contribution in [2.45, 2.75) is 57.0 Å². The second-order valence-corrected chi connectivity index (χ2v) is 16.1. The van der Waals surface area contributed by atoms with Gasteiger partial charge in [0.05, 0.1) is 15.6 Å². The Morgan fingerprint density at radius 2 is 1.48 bits per heavy atom. The maximum Gasteiger partial charge on any atom is 0.410 e. The zero-order chi connectivity index (χ0) is 36.1. The lowest BCUT2D eigenvalue weighted by molar-refractivity contribution is -0.126. The van der Waals surface area contributed by atoms with E-state index in [1.165, 1.54) is 42.5 Å². The van der Waals surface area contributed by atoms with Crippen molar-refractivity contribution in [3.05, 3.63) is 88.4 Å². The molecule has 5 rings (SSSR count). The molecule has 3 aromatic rings. The number of carbonyl (C=O) groups is 3. The molecule has 0 bridgehead atoms. The van der Waals surface area contributed by atoms with Gasteiger partial charge in [-0.2, -0.15) is 8.42 Å². The number of piperidine rings is 2. The first kappa shape index (κ1) is 37.3. The standard InChI is InChI=1S/C36H42Cl2N4O7S/c1-36(2,3)48-35(45)41-19-15-25(16-20-41)24-39-33(43)26-17-21-40(22-18-26)34(44)27-9-12-30(13-10-27)50(46,47)42(29-7-5-4-6-8-29)49-32-14-11-28(37)23-31(32)38/h4-14,23,25-26H,15-22,24H2,1-3H3,(H,39,43). The number of amides is 3. The Morgan fingerprint density at radius 1 is 0.860 bits per heavy atom. The first-order valence-corrected chi connectivity index (χ1v) is 18.8. The van der Waals surface area contributed by atoms with Crippen LogP contribution in [0.2, 0.25) is 10.0 Å². The molecule has 2 heterocycles. The topological polar surface area (TPSA) is 126 Å². The highest BCUT2D eigenvalue weighted by molar-refractivity contribution is 7.92. The fourth-order valence-electron chi connectivity index (χ4n) is 5.86.